The Labute approximate surface area is 92.7 Å². The van der Waals surface area contributed by atoms with Crippen molar-refractivity contribution in [2.24, 2.45) is 0 Å². The molecule has 1 atom stereocenters. The maximum atomic E-state index is 5.50. The van der Waals surface area contributed by atoms with E-state index in [1.54, 1.807) is 0 Å². The topological polar surface area (TPSA) is 21.3 Å². The van der Waals surface area contributed by atoms with Crippen LogP contribution >= 0.6 is 0 Å². The van der Waals surface area contributed by atoms with Crippen molar-refractivity contribution in [3.8, 4) is 0 Å². The Kier molecular flexibility index (Phi) is 5.19. The molecule has 1 aliphatic heterocycles. The Bertz CT molecular complexity index is 266. The molecule has 1 unspecified atom stereocenters. The summed E-state index contributed by atoms with van der Waals surface area (Å²) < 4.78 is 5.50. The fourth-order valence-corrected chi connectivity index (χ4v) is 1.53. The quantitative estimate of drug-likeness (QED) is 0.723. The molecular formula is C13H21NO. The highest BCUT2D eigenvalue weighted by Crippen LogP contribution is 2.20. The molecule has 2 nitrogen and oxygen atoms in total. The van der Waals surface area contributed by atoms with Crippen molar-refractivity contribution < 1.29 is 4.74 Å². The highest BCUT2D eigenvalue weighted by Gasteiger charge is 2.09. The van der Waals surface area contributed by atoms with E-state index >= 15 is 0 Å². The van der Waals surface area contributed by atoms with Gasteiger partial charge in [-0.3, -0.25) is 0 Å². The first-order valence-corrected chi connectivity index (χ1v) is 5.60. The summed E-state index contributed by atoms with van der Waals surface area (Å²) in [5.74, 6) is 1.00. The van der Waals surface area contributed by atoms with Crippen LogP contribution < -0.4 is 5.32 Å². The molecule has 1 N–H and O–H groups in total. The first-order chi connectivity index (χ1) is 7.27. The third kappa shape index (κ3) is 3.92. The summed E-state index contributed by atoms with van der Waals surface area (Å²) in [5, 5.41) is 3.22. The zero-order valence-corrected chi connectivity index (χ0v) is 9.75. The van der Waals surface area contributed by atoms with Crippen LogP contribution in [0.2, 0.25) is 0 Å². The first-order valence-electron chi connectivity index (χ1n) is 5.60. The van der Waals surface area contributed by atoms with Gasteiger partial charge in [0.25, 0.3) is 0 Å². The van der Waals surface area contributed by atoms with Gasteiger partial charge >= 0.3 is 0 Å². The molecule has 0 aromatic rings. The predicted octanol–water partition coefficient (Wildman–Crippen LogP) is 2.79. The van der Waals surface area contributed by atoms with E-state index in [0.29, 0.717) is 6.04 Å². The maximum Gasteiger partial charge on any atom is 0.122 e. The van der Waals surface area contributed by atoms with Crippen molar-refractivity contribution in [2.75, 3.05) is 13.7 Å². The molecule has 0 aromatic heterocycles. The van der Waals surface area contributed by atoms with Gasteiger partial charge < -0.3 is 10.1 Å². The fourth-order valence-electron chi connectivity index (χ4n) is 1.53. The van der Waals surface area contributed by atoms with Crippen LogP contribution in [0.1, 0.15) is 26.2 Å². The van der Waals surface area contributed by atoms with E-state index in [4.69, 9.17) is 4.74 Å². The Morgan fingerprint density at radius 3 is 3.07 bits per heavy atom. The van der Waals surface area contributed by atoms with E-state index in [1.807, 2.05) is 13.1 Å². The highest BCUT2D eigenvalue weighted by atomic mass is 16.5. The minimum atomic E-state index is 0.576. The summed E-state index contributed by atoms with van der Waals surface area (Å²) in [6.45, 7) is 6.77. The molecule has 84 valence electrons. The SMILES string of the molecule is C=CC1=C(/C=C\CCC(C)NC)OCC1. The van der Waals surface area contributed by atoms with Gasteiger partial charge in [0.15, 0.2) is 0 Å². The molecule has 0 radical (unpaired) electrons. The molecule has 15 heavy (non-hydrogen) atoms. The van der Waals surface area contributed by atoms with Gasteiger partial charge in [0.1, 0.15) is 5.76 Å². The van der Waals surface area contributed by atoms with Gasteiger partial charge in [0, 0.05) is 12.5 Å². The van der Waals surface area contributed by atoms with Gasteiger partial charge in [-0.15, -0.1) is 0 Å². The average molecular weight is 207 g/mol. The smallest absolute Gasteiger partial charge is 0.122 e. The molecule has 0 spiro atoms. The number of nitrogens with one attached hydrogen (secondary N) is 1. The number of ether oxygens (including phenoxy) is 1. The molecule has 0 amide bonds. The van der Waals surface area contributed by atoms with Crippen molar-refractivity contribution in [3.05, 3.63) is 36.1 Å². The number of rotatable bonds is 6. The van der Waals surface area contributed by atoms with E-state index in [9.17, 15) is 0 Å². The molecule has 0 bridgehead atoms. The standard InChI is InChI=1S/C13H21NO/c1-4-12-9-10-15-13(12)8-6-5-7-11(2)14-3/h4,6,8,11,14H,1,5,7,9-10H2,2-3H3/b8-6-. The van der Waals surface area contributed by atoms with Crippen molar-refractivity contribution >= 4 is 0 Å². The summed E-state index contributed by atoms with van der Waals surface area (Å²) >= 11 is 0. The number of hydrogen-bond acceptors (Lipinski definition) is 2. The number of hydrogen-bond donors (Lipinski definition) is 1. The molecule has 0 saturated carbocycles. The van der Waals surface area contributed by atoms with E-state index in [0.717, 1.165) is 31.6 Å². The molecule has 0 saturated heterocycles. The molecule has 1 aliphatic rings. The normalized spacial score (nSPS) is 18.3. The van der Waals surface area contributed by atoms with Crippen LogP contribution in [0.4, 0.5) is 0 Å². The maximum absolute atomic E-state index is 5.50. The summed E-state index contributed by atoms with van der Waals surface area (Å²) in [4.78, 5) is 0. The summed E-state index contributed by atoms with van der Waals surface area (Å²) in [5.41, 5.74) is 1.23. The molecular weight excluding hydrogens is 186 g/mol. The largest absolute Gasteiger partial charge is 0.493 e. The summed E-state index contributed by atoms with van der Waals surface area (Å²) in [6, 6.07) is 0.576. The minimum absolute atomic E-state index is 0.576. The van der Waals surface area contributed by atoms with E-state index in [-0.39, 0.29) is 0 Å². The third-order valence-electron chi connectivity index (χ3n) is 2.72. The monoisotopic (exact) mass is 207 g/mol. The second-order valence-corrected chi connectivity index (χ2v) is 3.86. The molecule has 1 heterocycles. The van der Waals surface area contributed by atoms with Gasteiger partial charge in [-0.2, -0.15) is 0 Å². The van der Waals surface area contributed by atoms with Crippen LogP contribution in [0.25, 0.3) is 0 Å². The van der Waals surface area contributed by atoms with E-state index in [1.165, 1.54) is 5.57 Å². The van der Waals surface area contributed by atoms with Crippen LogP contribution in [-0.2, 0) is 4.74 Å². The minimum Gasteiger partial charge on any atom is -0.493 e. The van der Waals surface area contributed by atoms with Crippen LogP contribution in [0, 0.1) is 0 Å². The molecule has 2 heteroatoms. The van der Waals surface area contributed by atoms with Gasteiger partial charge in [-0.25, -0.2) is 0 Å². The second-order valence-electron chi connectivity index (χ2n) is 3.86. The Morgan fingerprint density at radius 2 is 2.40 bits per heavy atom. The van der Waals surface area contributed by atoms with Crippen molar-refractivity contribution in [3.63, 3.8) is 0 Å². The van der Waals surface area contributed by atoms with Crippen molar-refractivity contribution in [1.29, 1.82) is 0 Å². The van der Waals surface area contributed by atoms with Crippen molar-refractivity contribution in [2.45, 2.75) is 32.2 Å². The Morgan fingerprint density at radius 1 is 1.60 bits per heavy atom. The van der Waals surface area contributed by atoms with Crippen LogP contribution in [-0.4, -0.2) is 19.7 Å². The third-order valence-corrected chi connectivity index (χ3v) is 2.72. The Balaban J connectivity index is 2.34. The summed E-state index contributed by atoms with van der Waals surface area (Å²) in [6.07, 6.45) is 9.38. The molecule has 0 aromatic carbocycles. The average Bonchev–Trinajstić information content (AvgIpc) is 2.71. The lowest BCUT2D eigenvalue weighted by atomic mass is 10.1. The lowest BCUT2D eigenvalue weighted by Gasteiger charge is -2.06. The lowest BCUT2D eigenvalue weighted by molar-refractivity contribution is 0.257. The van der Waals surface area contributed by atoms with Gasteiger partial charge in [0.2, 0.25) is 0 Å². The second kappa shape index (κ2) is 6.46. The molecule has 0 fully saturated rings. The zero-order valence-electron chi connectivity index (χ0n) is 9.75. The van der Waals surface area contributed by atoms with Gasteiger partial charge in [0.05, 0.1) is 6.61 Å². The predicted molar refractivity (Wildman–Crippen MR) is 64.7 cm³/mol. The van der Waals surface area contributed by atoms with Crippen molar-refractivity contribution in [1.82, 2.24) is 5.32 Å². The van der Waals surface area contributed by atoms with Gasteiger partial charge in [-0.05, 0) is 38.5 Å². The van der Waals surface area contributed by atoms with E-state index in [2.05, 4.69) is 31.0 Å². The zero-order chi connectivity index (χ0) is 11.1. The highest BCUT2D eigenvalue weighted by molar-refractivity contribution is 5.30. The number of allylic oxidation sites excluding steroid dienone is 3. The first kappa shape index (κ1) is 12.1. The van der Waals surface area contributed by atoms with E-state index < -0.39 is 0 Å². The van der Waals surface area contributed by atoms with Crippen LogP contribution in [0.15, 0.2) is 36.1 Å². The fraction of sp³-hybridized carbons (Fsp3) is 0.538. The van der Waals surface area contributed by atoms with Crippen LogP contribution in [0.5, 0.6) is 0 Å². The lowest BCUT2D eigenvalue weighted by Crippen LogP contribution is -2.20. The van der Waals surface area contributed by atoms with Crippen LogP contribution in [0.3, 0.4) is 0 Å². The Hall–Kier alpha value is -1.02. The molecule has 0 aliphatic carbocycles. The van der Waals surface area contributed by atoms with Gasteiger partial charge in [-0.1, -0.05) is 18.7 Å². The summed E-state index contributed by atoms with van der Waals surface area (Å²) in [7, 11) is 1.99. The molecule has 1 rings (SSSR count).